The largest absolute Gasteiger partial charge is 0.467 e. The van der Waals surface area contributed by atoms with Crippen LogP contribution in [0.1, 0.15) is 16.1 Å². The van der Waals surface area contributed by atoms with E-state index < -0.39 is 23.8 Å². The smallest absolute Gasteiger partial charge is 0.334 e. The Hall–Kier alpha value is -2.68. The summed E-state index contributed by atoms with van der Waals surface area (Å²) in [6.45, 7) is -0.316. The highest BCUT2D eigenvalue weighted by molar-refractivity contribution is 6.44. The van der Waals surface area contributed by atoms with Crippen LogP contribution in [0.25, 0.3) is 0 Å². The first-order valence-corrected chi connectivity index (χ1v) is 5.18. The molecule has 0 atom stereocenters. The molecule has 9 heteroatoms. The predicted octanol–water partition coefficient (Wildman–Crippen LogP) is -1.20. The Morgan fingerprint density at radius 1 is 1.37 bits per heavy atom. The lowest BCUT2D eigenvalue weighted by atomic mass is 10.2. The van der Waals surface area contributed by atoms with E-state index in [1.54, 1.807) is 0 Å². The van der Waals surface area contributed by atoms with E-state index in [4.69, 9.17) is 10.3 Å². The van der Waals surface area contributed by atoms with Gasteiger partial charge >= 0.3 is 17.8 Å². The lowest BCUT2D eigenvalue weighted by Gasteiger charge is -2.11. The molecule has 5 amide bonds. The summed E-state index contributed by atoms with van der Waals surface area (Å²) in [5, 5.41) is 0. The lowest BCUT2D eigenvalue weighted by molar-refractivity contribution is -0.143. The van der Waals surface area contributed by atoms with E-state index >= 15 is 0 Å². The van der Waals surface area contributed by atoms with Gasteiger partial charge in [-0.25, -0.2) is 15.5 Å². The van der Waals surface area contributed by atoms with Gasteiger partial charge in [-0.15, -0.1) is 0 Å². The Kier molecular flexibility index (Phi) is 3.05. The molecule has 2 rings (SSSR count). The molecule has 3 N–H and O–H groups in total. The van der Waals surface area contributed by atoms with Gasteiger partial charge in [-0.1, -0.05) is 0 Å². The Balaban J connectivity index is 2.25. The van der Waals surface area contributed by atoms with Gasteiger partial charge in [0.05, 0.1) is 18.4 Å². The van der Waals surface area contributed by atoms with Crippen molar-refractivity contribution in [3.8, 4) is 0 Å². The van der Waals surface area contributed by atoms with Crippen LogP contribution in [0, 0.1) is 0 Å². The number of nitrogens with one attached hydrogen (secondary N) is 1. The third kappa shape index (κ3) is 1.95. The molecule has 0 aromatic carbocycles. The third-order valence-corrected chi connectivity index (χ3v) is 2.67. The molecule has 1 aromatic heterocycles. The van der Waals surface area contributed by atoms with Crippen molar-refractivity contribution in [1.82, 2.24) is 15.2 Å². The van der Waals surface area contributed by atoms with Gasteiger partial charge in [0.2, 0.25) is 0 Å². The number of nitrogens with zero attached hydrogens (tertiary/aromatic N) is 2. The van der Waals surface area contributed by atoms with Crippen LogP contribution in [0.2, 0.25) is 0 Å². The zero-order chi connectivity index (χ0) is 14.2. The minimum atomic E-state index is -0.969. The van der Waals surface area contributed by atoms with Crippen molar-refractivity contribution < 1.29 is 23.6 Å². The summed E-state index contributed by atoms with van der Waals surface area (Å²) in [4.78, 5) is 47.3. The third-order valence-electron chi connectivity index (χ3n) is 2.67. The number of hydrazine groups is 1. The van der Waals surface area contributed by atoms with Gasteiger partial charge in [-0.2, -0.15) is 0 Å². The number of hydrogen-bond acceptors (Lipinski definition) is 6. The monoisotopic (exact) mass is 266 g/mol. The Labute approximate surface area is 106 Å². The van der Waals surface area contributed by atoms with Crippen LogP contribution >= 0.6 is 0 Å². The standard InChI is InChI=1S/C10H10N4O5/c1-13-8(16)9(17)14(10(13)18)4-6-5(2-3-19-6)7(15)12-11/h2-3H,4,11H2,1H3,(H,12,15). The van der Waals surface area contributed by atoms with Crippen molar-refractivity contribution in [1.29, 1.82) is 0 Å². The van der Waals surface area contributed by atoms with Crippen molar-refractivity contribution >= 4 is 23.8 Å². The quantitative estimate of drug-likeness (QED) is 0.233. The van der Waals surface area contributed by atoms with Crippen molar-refractivity contribution in [3.05, 3.63) is 23.7 Å². The molecule has 9 nitrogen and oxygen atoms in total. The number of furan rings is 1. The average molecular weight is 266 g/mol. The summed E-state index contributed by atoms with van der Waals surface area (Å²) in [6, 6.07) is 0.569. The molecule has 1 fully saturated rings. The van der Waals surface area contributed by atoms with Crippen LogP contribution in [0.4, 0.5) is 4.79 Å². The van der Waals surface area contributed by atoms with Gasteiger partial charge in [-0.05, 0) is 6.07 Å². The first kappa shape index (κ1) is 12.8. The Bertz CT molecular complexity index is 578. The highest BCUT2D eigenvalue weighted by Gasteiger charge is 2.42. The molecule has 0 aliphatic carbocycles. The number of rotatable bonds is 3. The Morgan fingerprint density at radius 2 is 2.05 bits per heavy atom. The number of nitrogen functional groups attached to an aromatic ring is 1. The SMILES string of the molecule is CN1C(=O)C(=O)N(Cc2occc2C(=O)NN)C1=O. The second kappa shape index (κ2) is 4.53. The molecule has 2 heterocycles. The highest BCUT2D eigenvalue weighted by Crippen LogP contribution is 2.18. The number of nitrogens with two attached hydrogens (primary N) is 1. The van der Waals surface area contributed by atoms with Crippen LogP contribution < -0.4 is 11.3 Å². The zero-order valence-corrected chi connectivity index (χ0v) is 9.87. The van der Waals surface area contributed by atoms with Gasteiger partial charge < -0.3 is 4.42 Å². The summed E-state index contributed by atoms with van der Waals surface area (Å²) in [7, 11) is 1.19. The minimum absolute atomic E-state index is 0.0627. The van der Waals surface area contributed by atoms with E-state index in [1.165, 1.54) is 19.4 Å². The molecule has 0 bridgehead atoms. The second-order valence-corrected chi connectivity index (χ2v) is 3.77. The summed E-state index contributed by atoms with van der Waals surface area (Å²) in [6.07, 6.45) is 1.22. The number of imide groups is 2. The van der Waals surface area contributed by atoms with Gasteiger partial charge in [0.1, 0.15) is 5.76 Å². The van der Waals surface area contributed by atoms with E-state index in [9.17, 15) is 19.2 Å². The average Bonchev–Trinajstić information content (AvgIpc) is 2.94. The van der Waals surface area contributed by atoms with Crippen LogP contribution in [0.3, 0.4) is 0 Å². The van der Waals surface area contributed by atoms with Crippen LogP contribution in [-0.4, -0.2) is 40.6 Å². The summed E-state index contributed by atoms with van der Waals surface area (Å²) in [5.41, 5.74) is 2.00. The van der Waals surface area contributed by atoms with Crippen molar-refractivity contribution in [2.75, 3.05) is 7.05 Å². The maximum atomic E-state index is 11.6. The topological polar surface area (TPSA) is 126 Å². The fourth-order valence-corrected chi connectivity index (χ4v) is 1.64. The highest BCUT2D eigenvalue weighted by atomic mass is 16.3. The second-order valence-electron chi connectivity index (χ2n) is 3.77. The predicted molar refractivity (Wildman–Crippen MR) is 59.1 cm³/mol. The zero-order valence-electron chi connectivity index (χ0n) is 9.87. The minimum Gasteiger partial charge on any atom is -0.467 e. The molecule has 1 aliphatic heterocycles. The fourth-order valence-electron chi connectivity index (χ4n) is 1.64. The molecule has 0 spiro atoms. The molecule has 1 saturated heterocycles. The van der Waals surface area contributed by atoms with Crippen LogP contribution in [0.15, 0.2) is 16.7 Å². The molecule has 0 radical (unpaired) electrons. The molecule has 1 aromatic rings. The van der Waals surface area contributed by atoms with Crippen LogP contribution in [-0.2, 0) is 16.1 Å². The van der Waals surface area contributed by atoms with Gasteiger partial charge in [-0.3, -0.25) is 24.7 Å². The summed E-state index contributed by atoms with van der Waals surface area (Å²) in [5.74, 6) is 2.53. The normalized spacial score (nSPS) is 15.4. The Morgan fingerprint density at radius 3 is 2.58 bits per heavy atom. The van der Waals surface area contributed by atoms with Crippen LogP contribution in [0.5, 0.6) is 0 Å². The van der Waals surface area contributed by atoms with E-state index in [0.717, 1.165) is 0 Å². The number of carbonyl (C=O) groups is 4. The summed E-state index contributed by atoms with van der Waals surface area (Å²) < 4.78 is 5.02. The lowest BCUT2D eigenvalue weighted by Crippen LogP contribution is -2.33. The van der Waals surface area contributed by atoms with E-state index in [2.05, 4.69) is 0 Å². The molecular weight excluding hydrogens is 256 g/mol. The van der Waals surface area contributed by atoms with E-state index in [0.29, 0.717) is 9.80 Å². The molecule has 19 heavy (non-hydrogen) atoms. The fraction of sp³-hybridized carbons (Fsp3) is 0.200. The number of likely N-dealkylation sites (N-methyl/N-ethyl adjacent to an activating group) is 1. The van der Waals surface area contributed by atoms with Crippen molar-refractivity contribution in [2.45, 2.75) is 6.54 Å². The molecule has 0 saturated carbocycles. The van der Waals surface area contributed by atoms with Gasteiger partial charge in [0.15, 0.2) is 0 Å². The number of amides is 5. The van der Waals surface area contributed by atoms with Gasteiger partial charge in [0, 0.05) is 7.05 Å². The maximum Gasteiger partial charge on any atom is 0.334 e. The van der Waals surface area contributed by atoms with Crippen molar-refractivity contribution in [2.24, 2.45) is 5.84 Å². The summed E-state index contributed by atoms with van der Waals surface area (Å²) >= 11 is 0. The number of hydrogen-bond donors (Lipinski definition) is 2. The molecule has 0 unspecified atom stereocenters. The number of urea groups is 1. The van der Waals surface area contributed by atoms with Gasteiger partial charge in [0.25, 0.3) is 5.91 Å². The number of carbonyl (C=O) groups excluding carboxylic acids is 4. The first-order chi connectivity index (χ1) is 8.97. The van der Waals surface area contributed by atoms with E-state index in [-0.39, 0.29) is 17.9 Å². The van der Waals surface area contributed by atoms with Crippen molar-refractivity contribution in [3.63, 3.8) is 0 Å². The molecule has 100 valence electrons. The first-order valence-electron chi connectivity index (χ1n) is 5.18. The maximum absolute atomic E-state index is 11.6. The molecular formula is C10H10N4O5. The molecule has 1 aliphatic rings. The van der Waals surface area contributed by atoms with E-state index in [1.807, 2.05) is 5.43 Å².